The van der Waals surface area contributed by atoms with Crippen LogP contribution in [0.5, 0.6) is 0 Å². The number of aromatic nitrogens is 1. The van der Waals surface area contributed by atoms with Gasteiger partial charge in [-0.25, -0.2) is 8.78 Å². The van der Waals surface area contributed by atoms with Crippen LogP contribution in [0, 0.1) is 11.6 Å². The smallest absolute Gasteiger partial charge is 0.317 e. The standard InChI is InChI=1S/C16H16F2N2O2/c17-11-4-5-12(13(18)9-11)16-14-3-1-6-19(14)7-2-8-20(16)10-15(21)22/h1,3-6,9,16H,2,7-8,10H2,(H,21,22). The quantitative estimate of drug-likeness (QED) is 0.948. The number of halogens is 2. The summed E-state index contributed by atoms with van der Waals surface area (Å²) in [4.78, 5) is 12.9. The van der Waals surface area contributed by atoms with Crippen LogP contribution in [-0.4, -0.2) is 33.6 Å². The number of aryl methyl sites for hydroxylation is 1. The molecule has 1 aromatic heterocycles. The molecule has 4 nitrogen and oxygen atoms in total. The van der Waals surface area contributed by atoms with E-state index in [0.717, 1.165) is 24.7 Å². The highest BCUT2D eigenvalue weighted by atomic mass is 19.1. The van der Waals surface area contributed by atoms with Gasteiger partial charge in [-0.05, 0) is 24.6 Å². The summed E-state index contributed by atoms with van der Waals surface area (Å²) in [6.45, 7) is 1.10. The molecule has 1 unspecified atom stereocenters. The van der Waals surface area contributed by atoms with Crippen molar-refractivity contribution in [1.82, 2.24) is 9.47 Å². The van der Waals surface area contributed by atoms with Crippen molar-refractivity contribution in [1.29, 1.82) is 0 Å². The van der Waals surface area contributed by atoms with Gasteiger partial charge in [0, 0.05) is 36.6 Å². The average molecular weight is 306 g/mol. The summed E-state index contributed by atoms with van der Waals surface area (Å²) >= 11 is 0. The molecule has 22 heavy (non-hydrogen) atoms. The normalized spacial score (nSPS) is 18.7. The number of benzene rings is 1. The van der Waals surface area contributed by atoms with Crippen molar-refractivity contribution in [2.45, 2.75) is 19.0 Å². The van der Waals surface area contributed by atoms with Crippen LogP contribution in [0.4, 0.5) is 8.78 Å². The summed E-state index contributed by atoms with van der Waals surface area (Å²) in [5.74, 6) is -2.27. The number of rotatable bonds is 3. The largest absolute Gasteiger partial charge is 0.480 e. The van der Waals surface area contributed by atoms with E-state index in [4.69, 9.17) is 5.11 Å². The molecule has 0 spiro atoms. The predicted molar refractivity (Wildman–Crippen MR) is 76.5 cm³/mol. The highest BCUT2D eigenvalue weighted by Crippen LogP contribution is 2.33. The second-order valence-electron chi connectivity index (χ2n) is 5.41. The Hall–Kier alpha value is -2.21. The van der Waals surface area contributed by atoms with Crippen LogP contribution in [0.3, 0.4) is 0 Å². The first kappa shape index (κ1) is 14.7. The molecule has 0 radical (unpaired) electrons. The van der Waals surface area contributed by atoms with Gasteiger partial charge in [-0.1, -0.05) is 6.07 Å². The number of carboxylic acids is 1. The lowest BCUT2D eigenvalue weighted by Gasteiger charge is -2.29. The van der Waals surface area contributed by atoms with E-state index in [2.05, 4.69) is 0 Å². The van der Waals surface area contributed by atoms with Gasteiger partial charge >= 0.3 is 5.97 Å². The van der Waals surface area contributed by atoms with Crippen LogP contribution in [-0.2, 0) is 11.3 Å². The SMILES string of the molecule is O=C(O)CN1CCCn2cccc2C1c1ccc(F)cc1F. The molecule has 0 saturated carbocycles. The second-order valence-corrected chi connectivity index (χ2v) is 5.41. The third kappa shape index (κ3) is 2.74. The van der Waals surface area contributed by atoms with E-state index in [9.17, 15) is 13.6 Å². The molecule has 0 aliphatic carbocycles. The number of hydrogen-bond acceptors (Lipinski definition) is 2. The van der Waals surface area contributed by atoms with E-state index < -0.39 is 23.6 Å². The van der Waals surface area contributed by atoms with E-state index in [0.29, 0.717) is 12.1 Å². The van der Waals surface area contributed by atoms with Crippen LogP contribution in [0.2, 0.25) is 0 Å². The van der Waals surface area contributed by atoms with Gasteiger partial charge in [-0.15, -0.1) is 0 Å². The highest BCUT2D eigenvalue weighted by molar-refractivity contribution is 5.69. The third-order valence-electron chi connectivity index (χ3n) is 3.95. The molecule has 116 valence electrons. The van der Waals surface area contributed by atoms with Crippen LogP contribution in [0.15, 0.2) is 36.5 Å². The van der Waals surface area contributed by atoms with Crippen molar-refractivity contribution in [3.8, 4) is 0 Å². The first-order chi connectivity index (χ1) is 10.6. The number of fused-ring (bicyclic) bond motifs is 1. The third-order valence-corrected chi connectivity index (χ3v) is 3.95. The zero-order valence-electron chi connectivity index (χ0n) is 11.9. The Morgan fingerprint density at radius 2 is 2.09 bits per heavy atom. The fraction of sp³-hybridized carbons (Fsp3) is 0.312. The van der Waals surface area contributed by atoms with Gasteiger partial charge in [-0.2, -0.15) is 0 Å². The highest BCUT2D eigenvalue weighted by Gasteiger charge is 2.30. The summed E-state index contributed by atoms with van der Waals surface area (Å²) in [5, 5.41) is 9.13. The first-order valence-corrected chi connectivity index (χ1v) is 7.12. The van der Waals surface area contributed by atoms with Gasteiger partial charge in [0.05, 0.1) is 12.6 Å². The molecule has 1 aliphatic rings. The predicted octanol–water partition coefficient (Wildman–Crippen LogP) is 2.65. The van der Waals surface area contributed by atoms with Crippen LogP contribution in [0.1, 0.15) is 23.7 Å². The van der Waals surface area contributed by atoms with Gasteiger partial charge in [0.1, 0.15) is 11.6 Å². The van der Waals surface area contributed by atoms with E-state index in [-0.39, 0.29) is 6.54 Å². The molecular formula is C16H16F2N2O2. The average Bonchev–Trinajstić information content (AvgIpc) is 2.83. The Morgan fingerprint density at radius 1 is 1.27 bits per heavy atom. The Bertz CT molecular complexity index is 699. The second kappa shape index (κ2) is 5.88. The Morgan fingerprint density at radius 3 is 2.82 bits per heavy atom. The maximum absolute atomic E-state index is 14.3. The Labute approximate surface area is 126 Å². The first-order valence-electron chi connectivity index (χ1n) is 7.12. The van der Waals surface area contributed by atoms with Gasteiger partial charge in [0.25, 0.3) is 0 Å². The van der Waals surface area contributed by atoms with Crippen molar-refractivity contribution in [3.05, 3.63) is 59.4 Å². The van der Waals surface area contributed by atoms with Crippen molar-refractivity contribution in [2.75, 3.05) is 13.1 Å². The fourth-order valence-electron chi connectivity index (χ4n) is 3.06. The monoisotopic (exact) mass is 306 g/mol. The summed E-state index contributed by atoms with van der Waals surface area (Å²) in [5.41, 5.74) is 1.12. The fourth-order valence-corrected chi connectivity index (χ4v) is 3.06. The molecular weight excluding hydrogens is 290 g/mol. The van der Waals surface area contributed by atoms with E-state index in [1.165, 1.54) is 12.1 Å². The molecule has 1 aliphatic heterocycles. The minimum Gasteiger partial charge on any atom is -0.480 e. The minimum atomic E-state index is -0.965. The maximum Gasteiger partial charge on any atom is 0.317 e. The van der Waals surface area contributed by atoms with E-state index in [1.807, 2.05) is 22.9 Å². The molecule has 2 heterocycles. The van der Waals surface area contributed by atoms with Gasteiger partial charge in [0.15, 0.2) is 0 Å². The molecule has 0 saturated heterocycles. The molecule has 2 aromatic rings. The summed E-state index contributed by atoms with van der Waals surface area (Å²) in [6, 6.07) is 6.62. The maximum atomic E-state index is 14.3. The van der Waals surface area contributed by atoms with Crippen LogP contribution in [0.25, 0.3) is 0 Å². The lowest BCUT2D eigenvalue weighted by Crippen LogP contribution is -2.35. The summed E-state index contributed by atoms with van der Waals surface area (Å²) in [7, 11) is 0. The topological polar surface area (TPSA) is 45.5 Å². The zero-order valence-corrected chi connectivity index (χ0v) is 11.9. The Balaban J connectivity index is 2.10. The minimum absolute atomic E-state index is 0.188. The number of aliphatic carboxylic acids is 1. The van der Waals surface area contributed by atoms with Gasteiger partial charge < -0.3 is 9.67 Å². The molecule has 3 rings (SSSR count). The molecule has 0 amide bonds. The molecule has 1 aromatic carbocycles. The van der Waals surface area contributed by atoms with E-state index >= 15 is 0 Å². The number of nitrogens with zero attached hydrogens (tertiary/aromatic N) is 2. The van der Waals surface area contributed by atoms with Gasteiger partial charge in [-0.3, -0.25) is 9.69 Å². The van der Waals surface area contributed by atoms with Crippen molar-refractivity contribution >= 4 is 5.97 Å². The Kier molecular flexibility index (Phi) is 3.94. The van der Waals surface area contributed by atoms with E-state index in [1.54, 1.807) is 4.90 Å². The molecule has 1 atom stereocenters. The molecule has 1 N–H and O–H groups in total. The van der Waals surface area contributed by atoms with Gasteiger partial charge in [0.2, 0.25) is 0 Å². The molecule has 0 fully saturated rings. The zero-order chi connectivity index (χ0) is 15.7. The summed E-state index contributed by atoms with van der Waals surface area (Å²) < 4.78 is 29.4. The lowest BCUT2D eigenvalue weighted by atomic mass is 10.0. The lowest BCUT2D eigenvalue weighted by molar-refractivity contribution is -0.138. The van der Waals surface area contributed by atoms with Crippen molar-refractivity contribution < 1.29 is 18.7 Å². The van der Waals surface area contributed by atoms with Crippen molar-refractivity contribution in [2.24, 2.45) is 0 Å². The molecule has 0 bridgehead atoms. The number of carboxylic acid groups (broad SMARTS) is 1. The molecule has 6 heteroatoms. The number of hydrogen-bond donors (Lipinski definition) is 1. The van der Waals surface area contributed by atoms with Crippen LogP contribution < -0.4 is 0 Å². The van der Waals surface area contributed by atoms with Crippen LogP contribution >= 0.6 is 0 Å². The summed E-state index contributed by atoms with van der Waals surface area (Å²) in [6.07, 6.45) is 2.67. The number of carbonyl (C=O) groups is 1. The van der Waals surface area contributed by atoms with Crippen molar-refractivity contribution in [3.63, 3.8) is 0 Å².